The summed E-state index contributed by atoms with van der Waals surface area (Å²) in [5, 5.41) is 3.41. The Morgan fingerprint density at radius 3 is 2.88 bits per heavy atom. The van der Waals surface area contributed by atoms with Crippen LogP contribution in [0.25, 0.3) is 0 Å². The van der Waals surface area contributed by atoms with Gasteiger partial charge in [0, 0.05) is 12.1 Å². The summed E-state index contributed by atoms with van der Waals surface area (Å²) in [6.45, 7) is 3.16. The second kappa shape index (κ2) is 5.14. The third kappa shape index (κ3) is 2.43. The summed E-state index contributed by atoms with van der Waals surface area (Å²) in [6.07, 6.45) is 7.61. The first-order valence-electron chi connectivity index (χ1n) is 6.14. The van der Waals surface area contributed by atoms with Gasteiger partial charge in [-0.25, -0.2) is 9.97 Å². The molecule has 4 nitrogen and oxygen atoms in total. The molecule has 0 amide bonds. The fraction of sp³-hybridized carbons (Fsp3) is 0.667. The Balaban J connectivity index is 2.02. The molecule has 0 bridgehead atoms. The van der Waals surface area contributed by atoms with E-state index in [4.69, 9.17) is 5.73 Å². The highest BCUT2D eigenvalue weighted by atomic mass is 15.0. The Hall–Kier alpha value is -1.32. The smallest absolute Gasteiger partial charge is 0.134 e. The van der Waals surface area contributed by atoms with E-state index in [0.717, 1.165) is 36.7 Å². The van der Waals surface area contributed by atoms with Gasteiger partial charge in [-0.2, -0.15) is 0 Å². The van der Waals surface area contributed by atoms with E-state index in [0.29, 0.717) is 5.82 Å². The van der Waals surface area contributed by atoms with E-state index in [1.807, 2.05) is 0 Å². The van der Waals surface area contributed by atoms with Crippen LogP contribution in [-0.2, 0) is 6.42 Å². The summed E-state index contributed by atoms with van der Waals surface area (Å²) >= 11 is 0. The monoisotopic (exact) mass is 220 g/mol. The van der Waals surface area contributed by atoms with Crippen molar-refractivity contribution in [1.29, 1.82) is 0 Å². The molecule has 4 heteroatoms. The Morgan fingerprint density at radius 1 is 1.44 bits per heavy atom. The molecule has 1 aliphatic carbocycles. The van der Waals surface area contributed by atoms with Gasteiger partial charge in [-0.3, -0.25) is 0 Å². The number of aromatic nitrogens is 2. The molecule has 1 aromatic heterocycles. The van der Waals surface area contributed by atoms with Crippen LogP contribution >= 0.6 is 0 Å². The number of nitrogen functional groups attached to an aromatic ring is 1. The first-order chi connectivity index (χ1) is 7.81. The molecule has 16 heavy (non-hydrogen) atoms. The quantitative estimate of drug-likeness (QED) is 0.798. The normalized spacial score (nSPS) is 15.8. The molecule has 0 aromatic carbocycles. The third-order valence-corrected chi connectivity index (χ3v) is 3.26. The van der Waals surface area contributed by atoms with Gasteiger partial charge in [-0.15, -0.1) is 0 Å². The third-order valence-electron chi connectivity index (χ3n) is 3.26. The van der Waals surface area contributed by atoms with E-state index in [9.17, 15) is 0 Å². The number of nitrogens with one attached hydrogen (secondary N) is 1. The lowest BCUT2D eigenvalue weighted by molar-refractivity contribution is 0.333. The standard InChI is InChI=1S/C12H20N4/c1-2-4-10-11(13)15-8-16-12(10)14-7-9-5-3-6-9/h8-9H,2-7H2,1H3,(H3,13,14,15,16). The molecule has 0 radical (unpaired) electrons. The molecule has 1 saturated carbocycles. The van der Waals surface area contributed by atoms with E-state index < -0.39 is 0 Å². The van der Waals surface area contributed by atoms with Gasteiger partial charge in [0.15, 0.2) is 0 Å². The average molecular weight is 220 g/mol. The van der Waals surface area contributed by atoms with Gasteiger partial charge in [0.2, 0.25) is 0 Å². The number of nitrogens with zero attached hydrogens (tertiary/aromatic N) is 2. The fourth-order valence-electron chi connectivity index (χ4n) is 2.01. The van der Waals surface area contributed by atoms with Gasteiger partial charge in [-0.05, 0) is 25.2 Å². The van der Waals surface area contributed by atoms with Crippen molar-refractivity contribution in [1.82, 2.24) is 9.97 Å². The Bertz CT molecular complexity index is 347. The number of rotatable bonds is 5. The van der Waals surface area contributed by atoms with E-state index in [1.54, 1.807) is 0 Å². The van der Waals surface area contributed by atoms with Gasteiger partial charge in [0.05, 0.1) is 0 Å². The van der Waals surface area contributed by atoms with Gasteiger partial charge in [0.1, 0.15) is 18.0 Å². The summed E-state index contributed by atoms with van der Waals surface area (Å²) in [7, 11) is 0. The zero-order valence-corrected chi connectivity index (χ0v) is 9.87. The molecule has 3 N–H and O–H groups in total. The van der Waals surface area contributed by atoms with E-state index in [-0.39, 0.29) is 0 Å². The lowest BCUT2D eigenvalue weighted by atomic mass is 9.85. The lowest BCUT2D eigenvalue weighted by Gasteiger charge is -2.26. The lowest BCUT2D eigenvalue weighted by Crippen LogP contribution is -2.22. The molecular weight excluding hydrogens is 200 g/mol. The summed E-state index contributed by atoms with van der Waals surface area (Å²) in [6, 6.07) is 0. The summed E-state index contributed by atoms with van der Waals surface area (Å²) < 4.78 is 0. The molecule has 0 aliphatic heterocycles. The molecule has 0 atom stereocenters. The number of nitrogens with two attached hydrogens (primary N) is 1. The van der Waals surface area contributed by atoms with E-state index in [1.165, 1.54) is 25.6 Å². The zero-order valence-electron chi connectivity index (χ0n) is 9.87. The molecule has 1 fully saturated rings. The minimum Gasteiger partial charge on any atom is -0.383 e. The first-order valence-corrected chi connectivity index (χ1v) is 6.14. The van der Waals surface area contributed by atoms with Crippen LogP contribution in [0, 0.1) is 5.92 Å². The van der Waals surface area contributed by atoms with Crippen molar-refractivity contribution < 1.29 is 0 Å². The van der Waals surface area contributed by atoms with Crippen LogP contribution in [0.4, 0.5) is 11.6 Å². The topological polar surface area (TPSA) is 63.8 Å². The SMILES string of the molecule is CCCc1c(N)ncnc1NCC1CCC1. The maximum Gasteiger partial charge on any atom is 0.134 e. The molecule has 1 heterocycles. The molecule has 0 unspecified atom stereocenters. The zero-order chi connectivity index (χ0) is 11.4. The Kier molecular flexibility index (Phi) is 3.59. The van der Waals surface area contributed by atoms with Crippen molar-refractivity contribution in [2.45, 2.75) is 39.0 Å². The number of anilines is 2. The highest BCUT2D eigenvalue weighted by Crippen LogP contribution is 2.27. The van der Waals surface area contributed by atoms with E-state index in [2.05, 4.69) is 22.2 Å². The van der Waals surface area contributed by atoms with Crippen LogP contribution in [0.1, 0.15) is 38.2 Å². The minimum absolute atomic E-state index is 0.618. The van der Waals surface area contributed by atoms with Gasteiger partial charge in [-0.1, -0.05) is 19.8 Å². The summed E-state index contributed by atoms with van der Waals surface area (Å²) in [5.41, 5.74) is 6.94. The van der Waals surface area contributed by atoms with Gasteiger partial charge in [0.25, 0.3) is 0 Å². The van der Waals surface area contributed by atoms with Crippen molar-refractivity contribution in [3.8, 4) is 0 Å². The van der Waals surface area contributed by atoms with Crippen molar-refractivity contribution in [2.24, 2.45) is 5.92 Å². The Morgan fingerprint density at radius 2 is 2.25 bits per heavy atom. The molecule has 2 rings (SSSR count). The molecule has 1 aromatic rings. The predicted molar refractivity (Wildman–Crippen MR) is 66.3 cm³/mol. The van der Waals surface area contributed by atoms with Gasteiger partial charge < -0.3 is 11.1 Å². The van der Waals surface area contributed by atoms with Crippen molar-refractivity contribution >= 4 is 11.6 Å². The Labute approximate surface area is 96.7 Å². The first kappa shape index (κ1) is 11.2. The largest absolute Gasteiger partial charge is 0.383 e. The van der Waals surface area contributed by atoms with Crippen LogP contribution in [0.5, 0.6) is 0 Å². The van der Waals surface area contributed by atoms with Gasteiger partial charge >= 0.3 is 0 Å². The van der Waals surface area contributed by atoms with Crippen molar-refractivity contribution in [2.75, 3.05) is 17.6 Å². The molecule has 1 aliphatic rings. The average Bonchev–Trinajstić information content (AvgIpc) is 2.20. The van der Waals surface area contributed by atoms with Crippen molar-refractivity contribution in [3.05, 3.63) is 11.9 Å². The number of hydrogen-bond donors (Lipinski definition) is 2. The fourth-order valence-corrected chi connectivity index (χ4v) is 2.01. The molecule has 0 saturated heterocycles. The van der Waals surface area contributed by atoms with Crippen LogP contribution in [0.15, 0.2) is 6.33 Å². The summed E-state index contributed by atoms with van der Waals surface area (Å²) in [5.74, 6) is 2.37. The van der Waals surface area contributed by atoms with Crippen LogP contribution in [-0.4, -0.2) is 16.5 Å². The van der Waals surface area contributed by atoms with Crippen LogP contribution < -0.4 is 11.1 Å². The highest BCUT2D eigenvalue weighted by Gasteiger charge is 2.18. The van der Waals surface area contributed by atoms with Crippen LogP contribution in [0.3, 0.4) is 0 Å². The molecule has 0 spiro atoms. The van der Waals surface area contributed by atoms with E-state index >= 15 is 0 Å². The van der Waals surface area contributed by atoms with Crippen LogP contribution in [0.2, 0.25) is 0 Å². The minimum atomic E-state index is 0.618. The predicted octanol–water partition coefficient (Wildman–Crippen LogP) is 2.22. The molecular formula is C12H20N4. The second-order valence-corrected chi connectivity index (χ2v) is 4.51. The maximum atomic E-state index is 5.87. The second-order valence-electron chi connectivity index (χ2n) is 4.51. The maximum absolute atomic E-state index is 5.87. The number of hydrogen-bond acceptors (Lipinski definition) is 4. The summed E-state index contributed by atoms with van der Waals surface area (Å²) in [4.78, 5) is 8.33. The molecule has 88 valence electrons. The highest BCUT2D eigenvalue weighted by molar-refractivity contribution is 5.54. The van der Waals surface area contributed by atoms with Crippen molar-refractivity contribution in [3.63, 3.8) is 0 Å².